The highest BCUT2D eigenvalue weighted by atomic mass is 16.5. The Kier molecular flexibility index (Phi) is 8.13. The Morgan fingerprint density at radius 3 is 2.28 bits per heavy atom. The van der Waals surface area contributed by atoms with Crippen LogP contribution in [0.4, 0.5) is 0 Å². The van der Waals surface area contributed by atoms with Crippen molar-refractivity contribution in [2.24, 2.45) is 18.9 Å². The summed E-state index contributed by atoms with van der Waals surface area (Å²) in [5.74, 6) is 0.917. The number of piperazine rings is 1. The summed E-state index contributed by atoms with van der Waals surface area (Å²) < 4.78 is 13.1. The second-order valence-electron chi connectivity index (χ2n) is 9.81. The number of ether oxygens (including phenoxy) is 2. The molecule has 1 aliphatic carbocycles. The SMILES string of the molecule is COCCC(=O)N1CCN(C(=O)C2CCC(Cn3c(=O)c4cc(OC)ccc4n(C)c3=O)CC2)CC1. The van der Waals surface area contributed by atoms with Crippen LogP contribution in [-0.4, -0.2) is 77.8 Å². The number of benzene rings is 1. The number of aromatic nitrogens is 2. The highest BCUT2D eigenvalue weighted by molar-refractivity contribution is 5.80. The van der Waals surface area contributed by atoms with Crippen LogP contribution in [0.3, 0.4) is 0 Å². The molecule has 2 aliphatic rings. The number of fused-ring (bicyclic) bond motifs is 1. The number of carbonyl (C=O) groups is 2. The van der Waals surface area contributed by atoms with Crippen LogP contribution in [0.15, 0.2) is 27.8 Å². The predicted octanol–water partition coefficient (Wildman–Crippen LogP) is 1.22. The number of aryl methyl sites for hydroxylation is 1. The summed E-state index contributed by atoms with van der Waals surface area (Å²) in [6, 6.07) is 5.14. The van der Waals surface area contributed by atoms with Crippen molar-refractivity contribution in [3.8, 4) is 5.75 Å². The third-order valence-corrected chi connectivity index (χ3v) is 7.66. The summed E-state index contributed by atoms with van der Waals surface area (Å²) in [6.07, 6.45) is 3.43. The first-order valence-corrected chi connectivity index (χ1v) is 12.7. The van der Waals surface area contributed by atoms with E-state index in [2.05, 4.69) is 0 Å². The molecule has 0 unspecified atom stereocenters. The number of hydrogen-bond donors (Lipinski definition) is 0. The molecule has 2 aromatic rings. The lowest BCUT2D eigenvalue weighted by Crippen LogP contribution is -2.52. The second-order valence-corrected chi connectivity index (χ2v) is 9.81. The summed E-state index contributed by atoms with van der Waals surface area (Å²) in [6.45, 7) is 2.99. The van der Waals surface area contributed by atoms with Crippen LogP contribution in [0.2, 0.25) is 0 Å². The number of carbonyl (C=O) groups excluding carboxylic acids is 2. The number of methoxy groups -OCH3 is 2. The Labute approximate surface area is 210 Å². The van der Waals surface area contributed by atoms with Gasteiger partial charge >= 0.3 is 5.69 Å². The minimum Gasteiger partial charge on any atom is -0.497 e. The zero-order chi connectivity index (χ0) is 25.8. The van der Waals surface area contributed by atoms with E-state index in [-0.39, 0.29) is 34.9 Å². The fourth-order valence-corrected chi connectivity index (χ4v) is 5.42. The van der Waals surface area contributed by atoms with Crippen molar-refractivity contribution in [2.75, 3.05) is 47.0 Å². The van der Waals surface area contributed by atoms with Crippen molar-refractivity contribution >= 4 is 22.7 Å². The Hall–Kier alpha value is -3.14. The van der Waals surface area contributed by atoms with E-state index in [1.54, 1.807) is 44.4 Å². The molecule has 4 rings (SSSR count). The second kappa shape index (κ2) is 11.3. The normalized spacial score (nSPS) is 20.5. The van der Waals surface area contributed by atoms with Gasteiger partial charge in [-0.15, -0.1) is 0 Å². The molecule has 196 valence electrons. The maximum absolute atomic E-state index is 13.2. The number of hydrogen-bond acceptors (Lipinski definition) is 6. The minimum atomic E-state index is -0.325. The molecule has 0 spiro atoms. The lowest BCUT2D eigenvalue weighted by atomic mass is 9.81. The minimum absolute atomic E-state index is 0.0441. The molecule has 1 aromatic heterocycles. The Balaban J connectivity index is 1.35. The van der Waals surface area contributed by atoms with Crippen molar-refractivity contribution in [1.29, 1.82) is 0 Å². The monoisotopic (exact) mass is 500 g/mol. The fraction of sp³-hybridized carbons (Fsp3) is 0.615. The zero-order valence-corrected chi connectivity index (χ0v) is 21.4. The largest absolute Gasteiger partial charge is 0.497 e. The van der Waals surface area contributed by atoms with Gasteiger partial charge in [-0.3, -0.25) is 23.5 Å². The van der Waals surface area contributed by atoms with Gasteiger partial charge in [0.25, 0.3) is 5.56 Å². The van der Waals surface area contributed by atoms with Crippen LogP contribution in [0, 0.1) is 11.8 Å². The molecule has 10 heteroatoms. The van der Waals surface area contributed by atoms with Crippen molar-refractivity contribution in [3.63, 3.8) is 0 Å². The summed E-state index contributed by atoms with van der Waals surface area (Å²) in [5.41, 5.74) is -0.0475. The van der Waals surface area contributed by atoms with E-state index >= 15 is 0 Å². The van der Waals surface area contributed by atoms with E-state index in [4.69, 9.17) is 9.47 Å². The van der Waals surface area contributed by atoms with E-state index in [1.165, 1.54) is 9.13 Å². The molecule has 0 N–H and O–H groups in total. The van der Waals surface area contributed by atoms with Gasteiger partial charge in [-0.2, -0.15) is 0 Å². The van der Waals surface area contributed by atoms with E-state index < -0.39 is 0 Å². The summed E-state index contributed by atoms with van der Waals surface area (Å²) >= 11 is 0. The van der Waals surface area contributed by atoms with Crippen LogP contribution < -0.4 is 16.0 Å². The van der Waals surface area contributed by atoms with Gasteiger partial charge in [-0.25, -0.2) is 4.79 Å². The molecule has 1 aliphatic heterocycles. The topological polar surface area (TPSA) is 103 Å². The molecule has 36 heavy (non-hydrogen) atoms. The van der Waals surface area contributed by atoms with Crippen LogP contribution in [0.5, 0.6) is 5.75 Å². The standard InChI is InChI=1S/C26H36N4O6/c1-27-22-9-8-20(36-3)16-21(22)25(33)30(26(27)34)17-18-4-6-19(7-5-18)24(32)29-13-11-28(12-14-29)23(31)10-15-35-2/h8-9,16,18-19H,4-7,10-15,17H2,1-3H3. The van der Waals surface area contributed by atoms with Crippen molar-refractivity contribution in [3.05, 3.63) is 39.0 Å². The Bertz CT molecular complexity index is 1220. The lowest BCUT2D eigenvalue weighted by molar-refractivity contribution is -0.143. The maximum atomic E-state index is 13.2. The third kappa shape index (κ3) is 5.33. The fourth-order valence-electron chi connectivity index (χ4n) is 5.42. The molecule has 2 fully saturated rings. The quantitative estimate of drug-likeness (QED) is 0.567. The molecule has 1 saturated carbocycles. The van der Waals surface area contributed by atoms with Gasteiger partial charge < -0.3 is 19.3 Å². The summed E-state index contributed by atoms with van der Waals surface area (Å²) in [4.78, 5) is 55.1. The molecule has 0 radical (unpaired) electrons. The van der Waals surface area contributed by atoms with E-state index in [0.29, 0.717) is 62.4 Å². The van der Waals surface area contributed by atoms with Gasteiger partial charge in [0.2, 0.25) is 11.8 Å². The molecule has 0 bridgehead atoms. The van der Waals surface area contributed by atoms with E-state index in [0.717, 1.165) is 25.7 Å². The first kappa shape index (κ1) is 25.9. The maximum Gasteiger partial charge on any atom is 0.331 e. The molecular formula is C26H36N4O6. The number of rotatable bonds is 7. The van der Waals surface area contributed by atoms with E-state index in [1.807, 2.05) is 4.90 Å². The first-order valence-electron chi connectivity index (χ1n) is 12.7. The molecule has 2 heterocycles. The lowest BCUT2D eigenvalue weighted by Gasteiger charge is -2.38. The number of nitrogens with zero attached hydrogens (tertiary/aromatic N) is 4. The summed E-state index contributed by atoms with van der Waals surface area (Å²) in [7, 11) is 4.80. The van der Waals surface area contributed by atoms with Crippen molar-refractivity contribution in [2.45, 2.75) is 38.6 Å². The van der Waals surface area contributed by atoms with Gasteiger partial charge in [0.05, 0.1) is 31.0 Å². The van der Waals surface area contributed by atoms with Crippen LogP contribution in [0.25, 0.3) is 10.9 Å². The van der Waals surface area contributed by atoms with Gasteiger partial charge in [0.15, 0.2) is 0 Å². The van der Waals surface area contributed by atoms with Gasteiger partial charge in [-0.05, 0) is 49.8 Å². The van der Waals surface area contributed by atoms with Crippen LogP contribution in [0.1, 0.15) is 32.1 Å². The molecule has 1 aromatic carbocycles. The van der Waals surface area contributed by atoms with Gasteiger partial charge in [0, 0.05) is 52.8 Å². The van der Waals surface area contributed by atoms with Crippen LogP contribution >= 0.6 is 0 Å². The molecule has 2 amide bonds. The van der Waals surface area contributed by atoms with Gasteiger partial charge in [0.1, 0.15) is 5.75 Å². The molecule has 0 atom stereocenters. The van der Waals surface area contributed by atoms with Crippen LogP contribution in [-0.2, 0) is 27.9 Å². The third-order valence-electron chi connectivity index (χ3n) is 7.66. The first-order chi connectivity index (χ1) is 17.3. The van der Waals surface area contributed by atoms with Gasteiger partial charge in [-0.1, -0.05) is 0 Å². The molecule has 1 saturated heterocycles. The highest BCUT2D eigenvalue weighted by Gasteiger charge is 2.32. The molecular weight excluding hydrogens is 464 g/mol. The van der Waals surface area contributed by atoms with Crippen molar-refractivity contribution in [1.82, 2.24) is 18.9 Å². The number of amides is 2. The molecule has 10 nitrogen and oxygen atoms in total. The van der Waals surface area contributed by atoms with E-state index in [9.17, 15) is 19.2 Å². The average Bonchev–Trinajstić information content (AvgIpc) is 2.92. The zero-order valence-electron chi connectivity index (χ0n) is 21.4. The summed E-state index contributed by atoms with van der Waals surface area (Å²) in [5, 5.41) is 0.458. The predicted molar refractivity (Wildman–Crippen MR) is 135 cm³/mol. The average molecular weight is 501 g/mol. The Morgan fingerprint density at radius 2 is 1.64 bits per heavy atom. The highest BCUT2D eigenvalue weighted by Crippen LogP contribution is 2.31. The Morgan fingerprint density at radius 1 is 0.972 bits per heavy atom. The van der Waals surface area contributed by atoms with Crippen molar-refractivity contribution < 1.29 is 19.1 Å². The smallest absolute Gasteiger partial charge is 0.331 e.